The minimum atomic E-state index is 0.428. The van der Waals surface area contributed by atoms with E-state index >= 15 is 0 Å². The molecule has 1 saturated carbocycles. The van der Waals surface area contributed by atoms with Gasteiger partial charge in [0.1, 0.15) is 0 Å². The lowest BCUT2D eigenvalue weighted by atomic mass is 9.48. The van der Waals surface area contributed by atoms with E-state index in [2.05, 4.69) is 55.2 Å². The van der Waals surface area contributed by atoms with Gasteiger partial charge in [-0.1, -0.05) is 44.2 Å². The lowest BCUT2D eigenvalue weighted by Gasteiger charge is -2.56. The second-order valence-corrected chi connectivity index (χ2v) is 7.61. The highest BCUT2D eigenvalue weighted by Crippen LogP contribution is 2.61. The van der Waals surface area contributed by atoms with E-state index in [4.69, 9.17) is 4.98 Å². The van der Waals surface area contributed by atoms with Crippen LogP contribution in [0.4, 0.5) is 0 Å². The third kappa shape index (κ3) is 1.75. The first-order chi connectivity index (χ1) is 11.1. The molecule has 1 fully saturated rings. The molecule has 2 aromatic heterocycles. The van der Waals surface area contributed by atoms with Crippen LogP contribution in [0.25, 0.3) is 27.4 Å². The predicted molar refractivity (Wildman–Crippen MR) is 95.0 cm³/mol. The Morgan fingerprint density at radius 1 is 1.00 bits per heavy atom. The van der Waals surface area contributed by atoms with Gasteiger partial charge in [-0.2, -0.15) is 0 Å². The van der Waals surface area contributed by atoms with Crippen LogP contribution in [0.2, 0.25) is 0 Å². The van der Waals surface area contributed by atoms with Gasteiger partial charge in [0.25, 0.3) is 0 Å². The Kier molecular flexibility index (Phi) is 2.54. The lowest BCUT2D eigenvalue weighted by molar-refractivity contribution is 0.0111. The molecular formula is C21H20N2. The lowest BCUT2D eigenvalue weighted by Crippen LogP contribution is -2.47. The second kappa shape index (κ2) is 4.41. The number of aromatic nitrogens is 2. The average molecular weight is 300 g/mol. The molecule has 0 radical (unpaired) electrons. The molecule has 3 aromatic rings. The Balaban J connectivity index is 1.71. The first-order valence-electron chi connectivity index (χ1n) is 8.49. The van der Waals surface area contributed by atoms with Gasteiger partial charge in [-0.3, -0.25) is 4.98 Å². The number of hydrogen-bond acceptors (Lipinski definition) is 2. The normalized spacial score (nSPS) is 25.2. The highest BCUT2D eigenvalue weighted by molar-refractivity contribution is 6.03. The summed E-state index contributed by atoms with van der Waals surface area (Å²) in [5, 5.41) is 2.33. The Hall–Kier alpha value is -2.22. The molecule has 6 rings (SSSR count). The van der Waals surface area contributed by atoms with E-state index in [9.17, 15) is 0 Å². The van der Waals surface area contributed by atoms with Crippen LogP contribution >= 0.6 is 0 Å². The van der Waals surface area contributed by atoms with Crippen molar-refractivity contribution in [2.75, 3.05) is 0 Å². The van der Waals surface area contributed by atoms with Gasteiger partial charge in [0.2, 0.25) is 0 Å². The third-order valence-corrected chi connectivity index (χ3v) is 6.20. The number of pyridine rings is 2. The number of benzene rings is 1. The zero-order chi connectivity index (χ0) is 15.6. The molecule has 0 unspecified atom stereocenters. The molecule has 2 heterocycles. The fourth-order valence-electron chi connectivity index (χ4n) is 4.52. The maximum absolute atomic E-state index is 5.04. The van der Waals surface area contributed by atoms with E-state index in [1.807, 2.05) is 12.3 Å². The molecular weight excluding hydrogens is 280 g/mol. The Morgan fingerprint density at radius 3 is 2.57 bits per heavy atom. The molecule has 2 heteroatoms. The number of allylic oxidation sites excluding steroid dienone is 2. The van der Waals surface area contributed by atoms with E-state index in [0.29, 0.717) is 11.3 Å². The molecule has 2 atom stereocenters. The summed E-state index contributed by atoms with van der Waals surface area (Å²) < 4.78 is 0. The van der Waals surface area contributed by atoms with Crippen LogP contribution in [0.5, 0.6) is 0 Å². The van der Waals surface area contributed by atoms with E-state index in [-0.39, 0.29) is 0 Å². The van der Waals surface area contributed by atoms with E-state index in [1.165, 1.54) is 23.8 Å². The smallest absolute Gasteiger partial charge is 0.0971 e. The summed E-state index contributed by atoms with van der Waals surface area (Å²) >= 11 is 0. The van der Waals surface area contributed by atoms with Crippen LogP contribution in [-0.4, -0.2) is 9.97 Å². The molecule has 0 amide bonds. The maximum Gasteiger partial charge on any atom is 0.0971 e. The van der Waals surface area contributed by atoms with Crippen molar-refractivity contribution in [3.8, 4) is 0 Å². The highest BCUT2D eigenvalue weighted by atomic mass is 14.8. The molecule has 2 nitrogen and oxygen atoms in total. The molecule has 2 bridgehead atoms. The summed E-state index contributed by atoms with van der Waals surface area (Å²) in [6, 6.07) is 12.8. The number of fused-ring (bicyclic) bond motifs is 4. The van der Waals surface area contributed by atoms with Gasteiger partial charge in [-0.25, -0.2) is 4.98 Å². The monoisotopic (exact) mass is 300 g/mol. The Bertz CT molecular complexity index is 968. The summed E-state index contributed by atoms with van der Waals surface area (Å²) in [5.41, 5.74) is 5.06. The molecule has 114 valence electrons. The van der Waals surface area contributed by atoms with Crippen molar-refractivity contribution in [2.24, 2.45) is 17.3 Å². The SMILES string of the molecule is CC1(C)[C@H]2CC=C(c3ccc4ccc5cccnc5c4n3)[C@@H]1C2. The zero-order valence-electron chi connectivity index (χ0n) is 13.6. The first-order valence-corrected chi connectivity index (χ1v) is 8.49. The largest absolute Gasteiger partial charge is 0.254 e. The quantitative estimate of drug-likeness (QED) is 0.575. The van der Waals surface area contributed by atoms with E-state index in [1.54, 1.807) is 0 Å². The number of rotatable bonds is 1. The zero-order valence-corrected chi connectivity index (χ0v) is 13.6. The van der Waals surface area contributed by atoms with Crippen LogP contribution in [0, 0.1) is 17.3 Å². The standard InChI is InChI=1S/C21H20N2/c1-21(2)15-8-9-16(17(21)12-15)18-10-7-14-6-5-13-4-3-11-22-19(13)20(14)23-18/h3-7,9-11,15,17H,8,12H2,1-2H3/t15-,17-/m0/s1. The maximum atomic E-state index is 5.04. The summed E-state index contributed by atoms with van der Waals surface area (Å²) in [6.45, 7) is 4.83. The van der Waals surface area contributed by atoms with Crippen molar-refractivity contribution >= 4 is 27.4 Å². The number of nitrogens with zero attached hydrogens (tertiary/aromatic N) is 2. The van der Waals surface area contributed by atoms with Gasteiger partial charge >= 0.3 is 0 Å². The van der Waals surface area contributed by atoms with Gasteiger partial charge < -0.3 is 0 Å². The average Bonchev–Trinajstić information content (AvgIpc) is 2.61. The van der Waals surface area contributed by atoms with Gasteiger partial charge in [0.15, 0.2) is 0 Å². The van der Waals surface area contributed by atoms with Gasteiger partial charge in [0.05, 0.1) is 16.7 Å². The van der Waals surface area contributed by atoms with Crippen LogP contribution in [0.1, 0.15) is 32.4 Å². The Morgan fingerprint density at radius 2 is 1.78 bits per heavy atom. The van der Waals surface area contributed by atoms with E-state index < -0.39 is 0 Å². The topological polar surface area (TPSA) is 25.8 Å². The molecule has 23 heavy (non-hydrogen) atoms. The second-order valence-electron chi connectivity index (χ2n) is 7.61. The van der Waals surface area contributed by atoms with Crippen molar-refractivity contribution in [3.05, 3.63) is 54.4 Å². The molecule has 0 N–H and O–H groups in total. The predicted octanol–water partition coefficient (Wildman–Crippen LogP) is 5.23. The summed E-state index contributed by atoms with van der Waals surface area (Å²) in [7, 11) is 0. The minimum absolute atomic E-state index is 0.428. The molecule has 0 saturated heterocycles. The third-order valence-electron chi connectivity index (χ3n) is 6.20. The van der Waals surface area contributed by atoms with Crippen LogP contribution in [0.3, 0.4) is 0 Å². The fourth-order valence-corrected chi connectivity index (χ4v) is 4.52. The summed E-state index contributed by atoms with van der Waals surface area (Å²) in [4.78, 5) is 9.61. The van der Waals surface area contributed by atoms with Crippen molar-refractivity contribution in [1.82, 2.24) is 9.97 Å². The van der Waals surface area contributed by atoms with Crippen molar-refractivity contribution < 1.29 is 0 Å². The molecule has 1 aromatic carbocycles. The van der Waals surface area contributed by atoms with Crippen LogP contribution < -0.4 is 0 Å². The van der Waals surface area contributed by atoms with Crippen molar-refractivity contribution in [3.63, 3.8) is 0 Å². The van der Waals surface area contributed by atoms with Crippen molar-refractivity contribution in [1.29, 1.82) is 0 Å². The van der Waals surface area contributed by atoms with Gasteiger partial charge in [0, 0.05) is 17.0 Å². The molecule has 3 aliphatic rings. The number of hydrogen-bond donors (Lipinski definition) is 0. The minimum Gasteiger partial charge on any atom is -0.254 e. The van der Waals surface area contributed by atoms with E-state index in [0.717, 1.165) is 28.0 Å². The van der Waals surface area contributed by atoms with Crippen molar-refractivity contribution in [2.45, 2.75) is 26.7 Å². The Labute approximate surface area is 136 Å². The van der Waals surface area contributed by atoms with Crippen LogP contribution in [0.15, 0.2) is 48.7 Å². The highest BCUT2D eigenvalue weighted by Gasteiger charge is 2.51. The molecule has 3 aliphatic carbocycles. The molecule has 0 spiro atoms. The summed E-state index contributed by atoms with van der Waals surface area (Å²) in [6.07, 6.45) is 6.81. The summed E-state index contributed by atoms with van der Waals surface area (Å²) in [5.74, 6) is 1.52. The first kappa shape index (κ1) is 13.2. The van der Waals surface area contributed by atoms with Gasteiger partial charge in [-0.05, 0) is 47.8 Å². The molecule has 0 aliphatic heterocycles. The van der Waals surface area contributed by atoms with Gasteiger partial charge in [-0.15, -0.1) is 0 Å². The van der Waals surface area contributed by atoms with Crippen LogP contribution in [-0.2, 0) is 0 Å². The fraction of sp³-hybridized carbons (Fsp3) is 0.333.